The number of amides is 2. The third-order valence-electron chi connectivity index (χ3n) is 8.15. The summed E-state index contributed by atoms with van der Waals surface area (Å²) >= 11 is 0. The summed E-state index contributed by atoms with van der Waals surface area (Å²) in [6, 6.07) is 16.1. The van der Waals surface area contributed by atoms with E-state index in [4.69, 9.17) is 0 Å². The summed E-state index contributed by atoms with van der Waals surface area (Å²) in [6.45, 7) is 1.78. The number of likely N-dealkylation sites (tertiary alicyclic amines) is 1. The fourth-order valence-corrected chi connectivity index (χ4v) is 6.05. The molecular weight excluding hydrogens is 501 g/mol. The van der Waals surface area contributed by atoms with Gasteiger partial charge in [-0.15, -0.1) is 0 Å². The summed E-state index contributed by atoms with van der Waals surface area (Å²) < 4.78 is 46.5. The summed E-state index contributed by atoms with van der Waals surface area (Å²) in [6.07, 6.45) is 6.54. The van der Waals surface area contributed by atoms with Crippen LogP contribution in [0.25, 0.3) is 5.57 Å². The van der Waals surface area contributed by atoms with E-state index in [0.29, 0.717) is 25.0 Å². The van der Waals surface area contributed by atoms with Gasteiger partial charge in [0.05, 0.1) is 11.6 Å². The first-order chi connectivity index (χ1) is 18.8. The van der Waals surface area contributed by atoms with Crippen molar-refractivity contribution in [2.24, 2.45) is 0 Å². The Labute approximate surface area is 228 Å². The monoisotopic (exact) mass is 536 g/mol. The predicted molar refractivity (Wildman–Crippen MR) is 147 cm³/mol. The molecule has 3 atom stereocenters. The normalized spacial score (nSPS) is 23.6. The van der Waals surface area contributed by atoms with Crippen molar-refractivity contribution in [3.05, 3.63) is 102 Å². The van der Waals surface area contributed by atoms with Gasteiger partial charge >= 0.3 is 6.03 Å². The van der Waals surface area contributed by atoms with Gasteiger partial charge in [0.2, 0.25) is 0 Å². The number of carbonyl (C=O) groups excluding carboxylic acids is 1. The third-order valence-corrected chi connectivity index (χ3v) is 8.15. The number of carbonyl (C=O) groups is 1. The van der Waals surface area contributed by atoms with E-state index in [0.717, 1.165) is 30.7 Å². The molecule has 8 heteroatoms. The Hall–Kier alpha value is -3.52. The summed E-state index contributed by atoms with van der Waals surface area (Å²) in [5, 5.41) is 0. The van der Waals surface area contributed by atoms with Crippen LogP contribution >= 0.6 is 0 Å². The van der Waals surface area contributed by atoms with E-state index in [-0.39, 0.29) is 24.7 Å². The zero-order valence-electron chi connectivity index (χ0n) is 22.4. The lowest BCUT2D eigenvalue weighted by molar-refractivity contribution is 0.0505. The van der Waals surface area contributed by atoms with E-state index in [9.17, 15) is 9.18 Å². The molecule has 206 valence electrons. The van der Waals surface area contributed by atoms with Crippen LogP contribution in [-0.4, -0.2) is 71.2 Å². The Morgan fingerprint density at radius 3 is 2.54 bits per heavy atom. The highest BCUT2D eigenvalue weighted by atomic mass is 19.1. The first-order valence-corrected chi connectivity index (χ1v) is 13.5. The lowest BCUT2D eigenvalue weighted by Gasteiger charge is -2.44. The minimum absolute atomic E-state index is 0.0888. The number of urea groups is 1. The second-order valence-electron chi connectivity index (χ2n) is 10.7. The number of halogens is 3. The topological polar surface area (TPSA) is 31.7 Å². The number of aryl methyl sites for hydroxylation is 1. The summed E-state index contributed by atoms with van der Waals surface area (Å²) in [4.78, 5) is 19.4. The molecule has 1 aromatic heterocycles. The highest BCUT2D eigenvalue weighted by Crippen LogP contribution is 2.45. The van der Waals surface area contributed by atoms with Crippen LogP contribution in [-0.2, 0) is 12.1 Å². The molecule has 0 saturated carbocycles. The number of benzene rings is 2. The Bertz CT molecular complexity index is 1310. The van der Waals surface area contributed by atoms with Gasteiger partial charge in [-0.3, -0.25) is 0 Å². The first kappa shape index (κ1) is 27.1. The molecule has 2 amide bonds. The molecule has 0 spiro atoms. The van der Waals surface area contributed by atoms with Crippen molar-refractivity contribution in [3.8, 4) is 0 Å². The maximum atomic E-state index is 15.1. The van der Waals surface area contributed by atoms with Gasteiger partial charge in [-0.25, -0.2) is 18.0 Å². The van der Waals surface area contributed by atoms with Crippen molar-refractivity contribution in [2.45, 2.75) is 43.6 Å². The van der Waals surface area contributed by atoms with E-state index < -0.39 is 29.4 Å². The molecule has 0 radical (unpaired) electrons. The zero-order chi connectivity index (χ0) is 27.6. The number of piperidine rings is 1. The van der Waals surface area contributed by atoms with Gasteiger partial charge < -0.3 is 19.3 Å². The number of rotatable bonds is 7. The summed E-state index contributed by atoms with van der Waals surface area (Å²) in [5.41, 5.74) is 0.650. The smallest absolute Gasteiger partial charge is 0.321 e. The number of aromatic nitrogens is 1. The van der Waals surface area contributed by atoms with E-state index in [2.05, 4.69) is 4.57 Å². The minimum Gasteiger partial charge on any atom is -0.354 e. The van der Waals surface area contributed by atoms with E-state index in [1.807, 2.05) is 72.9 Å². The molecule has 0 aliphatic carbocycles. The highest BCUT2D eigenvalue weighted by molar-refractivity contribution is 5.83. The van der Waals surface area contributed by atoms with E-state index in [1.54, 1.807) is 11.9 Å². The van der Waals surface area contributed by atoms with Gasteiger partial charge in [-0.05, 0) is 73.9 Å². The van der Waals surface area contributed by atoms with E-state index in [1.165, 1.54) is 11.0 Å². The molecular formula is C31H35F3N4O. The number of alkyl halides is 1. The van der Waals surface area contributed by atoms with E-state index >= 15 is 8.78 Å². The third kappa shape index (κ3) is 5.48. The molecule has 5 nitrogen and oxygen atoms in total. The molecule has 3 aromatic rings. The SMILES string of the molecule is CN1CCC(N(C)C(=O)N2CC(c3cc(F)ccc3F)=C[C@@]2(CCCn2cccc2)c2ccccc2)C(F)C1. The first-order valence-electron chi connectivity index (χ1n) is 13.5. The molecule has 1 fully saturated rings. The fourth-order valence-electron chi connectivity index (χ4n) is 6.05. The van der Waals surface area contributed by atoms with Crippen molar-refractivity contribution in [1.82, 2.24) is 19.3 Å². The Kier molecular flexibility index (Phi) is 7.84. The van der Waals surface area contributed by atoms with Crippen LogP contribution in [0.4, 0.5) is 18.0 Å². The van der Waals surface area contributed by atoms with Gasteiger partial charge in [-0.2, -0.15) is 0 Å². The zero-order valence-corrected chi connectivity index (χ0v) is 22.4. The fraction of sp³-hybridized carbons (Fsp3) is 0.387. The van der Waals surface area contributed by atoms with Crippen molar-refractivity contribution in [2.75, 3.05) is 33.7 Å². The van der Waals surface area contributed by atoms with Crippen LogP contribution < -0.4 is 0 Å². The molecule has 2 unspecified atom stereocenters. The molecule has 39 heavy (non-hydrogen) atoms. The van der Waals surface area contributed by atoms with Crippen LogP contribution in [0.1, 0.15) is 30.4 Å². The molecule has 1 saturated heterocycles. The molecule has 2 aliphatic rings. The highest BCUT2D eigenvalue weighted by Gasteiger charge is 2.47. The Morgan fingerprint density at radius 1 is 1.08 bits per heavy atom. The van der Waals surface area contributed by atoms with Crippen molar-refractivity contribution in [1.29, 1.82) is 0 Å². The van der Waals surface area contributed by atoms with Gasteiger partial charge in [0, 0.05) is 51.2 Å². The van der Waals surface area contributed by atoms with Crippen molar-refractivity contribution >= 4 is 11.6 Å². The Morgan fingerprint density at radius 2 is 1.82 bits per heavy atom. The Balaban J connectivity index is 1.55. The van der Waals surface area contributed by atoms with Crippen LogP contribution in [0.15, 0.2) is 79.1 Å². The minimum atomic E-state index is -1.17. The quantitative estimate of drug-likeness (QED) is 0.375. The second-order valence-corrected chi connectivity index (χ2v) is 10.7. The van der Waals surface area contributed by atoms with Crippen LogP contribution in [0.2, 0.25) is 0 Å². The maximum Gasteiger partial charge on any atom is 0.321 e. The van der Waals surface area contributed by atoms with Crippen LogP contribution in [0.5, 0.6) is 0 Å². The average Bonchev–Trinajstić information content (AvgIpc) is 3.59. The van der Waals surface area contributed by atoms with Gasteiger partial charge in [0.1, 0.15) is 17.8 Å². The van der Waals surface area contributed by atoms with Crippen LogP contribution in [0.3, 0.4) is 0 Å². The standard InChI is InChI=1S/C31H35F3N4O/c1-35-18-13-29(28(34)22-35)36(2)30(39)38-21-23(26-19-25(32)11-12-27(26)33)20-31(38,24-9-4-3-5-10-24)14-8-17-37-15-6-7-16-37/h3-7,9-12,15-16,19-20,28-29H,8,13-14,17-18,21-22H2,1-2H3/t28?,29?,31-/m0/s1. The average molecular weight is 537 g/mol. The van der Waals surface area contributed by atoms with Crippen molar-refractivity contribution < 1.29 is 18.0 Å². The van der Waals surface area contributed by atoms with Crippen molar-refractivity contribution in [3.63, 3.8) is 0 Å². The van der Waals surface area contributed by atoms with Gasteiger partial charge in [0.25, 0.3) is 0 Å². The lowest BCUT2D eigenvalue weighted by Crippen LogP contribution is -2.57. The molecule has 2 aliphatic heterocycles. The molecule has 3 heterocycles. The summed E-state index contributed by atoms with van der Waals surface area (Å²) in [5.74, 6) is -1.09. The summed E-state index contributed by atoms with van der Waals surface area (Å²) in [7, 11) is 3.53. The molecule has 5 rings (SSSR count). The van der Waals surface area contributed by atoms with Gasteiger partial charge in [-0.1, -0.05) is 30.3 Å². The number of hydrogen-bond donors (Lipinski definition) is 0. The molecule has 0 bridgehead atoms. The number of nitrogens with zero attached hydrogens (tertiary/aromatic N) is 4. The lowest BCUT2D eigenvalue weighted by atomic mass is 9.84. The predicted octanol–water partition coefficient (Wildman–Crippen LogP) is 5.94. The largest absolute Gasteiger partial charge is 0.354 e. The molecule has 2 aromatic carbocycles. The van der Waals surface area contributed by atoms with Gasteiger partial charge in [0.15, 0.2) is 0 Å². The molecule has 0 N–H and O–H groups in total. The van der Waals surface area contributed by atoms with Crippen LogP contribution in [0, 0.1) is 11.6 Å². The number of hydrogen-bond acceptors (Lipinski definition) is 2. The second kappa shape index (κ2) is 11.3. The maximum absolute atomic E-state index is 15.1.